The summed E-state index contributed by atoms with van der Waals surface area (Å²) in [5.41, 5.74) is 6.02. The zero-order valence-corrected chi connectivity index (χ0v) is 10.6. The molecule has 0 saturated carbocycles. The van der Waals surface area contributed by atoms with Crippen LogP contribution in [0.2, 0.25) is 0 Å². The van der Waals surface area contributed by atoms with Crippen molar-refractivity contribution in [2.45, 2.75) is 32.2 Å². The maximum atomic E-state index is 11.9. The molecule has 0 unspecified atom stereocenters. The fourth-order valence-corrected chi connectivity index (χ4v) is 1.54. The Labute approximate surface area is 106 Å². The van der Waals surface area contributed by atoms with Crippen molar-refractivity contribution in [2.75, 3.05) is 5.73 Å². The molecule has 5 nitrogen and oxygen atoms in total. The van der Waals surface area contributed by atoms with Crippen LogP contribution in [0.25, 0.3) is 0 Å². The number of hydrogen-bond donors (Lipinski definition) is 3. The summed E-state index contributed by atoms with van der Waals surface area (Å²) in [7, 11) is 0. The Hall–Kier alpha value is -2.04. The van der Waals surface area contributed by atoms with Crippen molar-refractivity contribution in [1.82, 2.24) is 5.32 Å². The molecule has 1 rings (SSSR count). The van der Waals surface area contributed by atoms with Gasteiger partial charge in [0, 0.05) is 23.2 Å². The first-order chi connectivity index (χ1) is 8.30. The molecule has 0 heterocycles. The van der Waals surface area contributed by atoms with Gasteiger partial charge in [0.05, 0.1) is 0 Å². The monoisotopic (exact) mass is 250 g/mol. The van der Waals surface area contributed by atoms with Crippen LogP contribution in [-0.2, 0) is 4.79 Å². The number of carbonyl (C=O) groups excluding carboxylic acids is 1. The average Bonchev–Trinajstić information content (AvgIpc) is 2.26. The second kappa shape index (κ2) is 5.53. The van der Waals surface area contributed by atoms with Crippen LogP contribution in [0.1, 0.15) is 37.0 Å². The molecular weight excluding hydrogens is 232 g/mol. The van der Waals surface area contributed by atoms with Crippen LogP contribution in [0.3, 0.4) is 0 Å². The van der Waals surface area contributed by atoms with Crippen molar-refractivity contribution in [3.8, 4) is 0 Å². The number of rotatable bonds is 5. The highest BCUT2D eigenvalue weighted by Gasteiger charge is 2.22. The van der Waals surface area contributed by atoms with E-state index in [2.05, 4.69) is 5.32 Å². The van der Waals surface area contributed by atoms with Gasteiger partial charge in [0.25, 0.3) is 5.91 Å². The molecule has 0 aliphatic carbocycles. The third-order valence-electron chi connectivity index (χ3n) is 2.56. The normalized spacial score (nSPS) is 11.0. The Bertz CT molecular complexity index is 455. The molecule has 0 fully saturated rings. The van der Waals surface area contributed by atoms with Crippen molar-refractivity contribution in [3.05, 3.63) is 29.8 Å². The highest BCUT2D eigenvalue weighted by atomic mass is 16.4. The highest BCUT2D eigenvalue weighted by molar-refractivity contribution is 5.95. The van der Waals surface area contributed by atoms with E-state index in [9.17, 15) is 9.59 Å². The zero-order chi connectivity index (χ0) is 13.8. The lowest BCUT2D eigenvalue weighted by atomic mass is 9.97. The molecule has 0 spiro atoms. The molecule has 0 saturated heterocycles. The van der Waals surface area contributed by atoms with Crippen molar-refractivity contribution < 1.29 is 14.7 Å². The summed E-state index contributed by atoms with van der Waals surface area (Å²) < 4.78 is 0. The van der Waals surface area contributed by atoms with Crippen LogP contribution in [0.4, 0.5) is 5.69 Å². The summed E-state index contributed by atoms with van der Waals surface area (Å²) in [6, 6.07) is 6.66. The fraction of sp³-hybridized carbons (Fsp3) is 0.385. The molecule has 98 valence electrons. The minimum Gasteiger partial charge on any atom is -0.481 e. The Morgan fingerprint density at radius 2 is 2.06 bits per heavy atom. The predicted octanol–water partition coefficient (Wildman–Crippen LogP) is 1.64. The molecule has 1 amide bonds. The van der Waals surface area contributed by atoms with E-state index in [1.165, 1.54) is 0 Å². The Morgan fingerprint density at radius 3 is 2.61 bits per heavy atom. The number of benzene rings is 1. The van der Waals surface area contributed by atoms with Crippen LogP contribution in [-0.4, -0.2) is 22.5 Å². The SMILES string of the molecule is CC(C)(CCC(=O)O)NC(=O)c1cccc(N)c1. The number of anilines is 1. The third kappa shape index (κ3) is 4.45. The molecule has 18 heavy (non-hydrogen) atoms. The minimum absolute atomic E-state index is 0.0181. The molecule has 0 radical (unpaired) electrons. The average molecular weight is 250 g/mol. The van der Waals surface area contributed by atoms with Crippen molar-refractivity contribution in [1.29, 1.82) is 0 Å². The maximum absolute atomic E-state index is 11.9. The maximum Gasteiger partial charge on any atom is 0.303 e. The van der Waals surface area contributed by atoms with E-state index in [1.54, 1.807) is 38.1 Å². The van der Waals surface area contributed by atoms with E-state index in [0.29, 0.717) is 17.7 Å². The topological polar surface area (TPSA) is 92.4 Å². The van der Waals surface area contributed by atoms with Gasteiger partial charge in [-0.25, -0.2) is 0 Å². The standard InChI is InChI=1S/C13H18N2O3/c1-13(2,7-6-11(16)17)15-12(18)9-4-3-5-10(14)8-9/h3-5,8H,6-7,14H2,1-2H3,(H,15,18)(H,16,17). The quantitative estimate of drug-likeness (QED) is 0.693. The minimum atomic E-state index is -0.874. The fourth-order valence-electron chi connectivity index (χ4n) is 1.54. The van der Waals surface area contributed by atoms with Gasteiger partial charge in [-0.3, -0.25) is 9.59 Å². The van der Waals surface area contributed by atoms with Gasteiger partial charge in [-0.2, -0.15) is 0 Å². The number of nitrogens with one attached hydrogen (secondary N) is 1. The lowest BCUT2D eigenvalue weighted by molar-refractivity contribution is -0.137. The van der Waals surface area contributed by atoms with E-state index in [0.717, 1.165) is 0 Å². The molecule has 1 aromatic carbocycles. The van der Waals surface area contributed by atoms with E-state index >= 15 is 0 Å². The number of carboxylic acids is 1. The molecule has 4 N–H and O–H groups in total. The van der Waals surface area contributed by atoms with E-state index in [4.69, 9.17) is 10.8 Å². The number of nitrogens with two attached hydrogens (primary N) is 1. The summed E-state index contributed by atoms with van der Waals surface area (Å²) in [5, 5.41) is 11.4. The second-order valence-corrected chi connectivity index (χ2v) is 4.86. The van der Waals surface area contributed by atoms with Gasteiger partial charge >= 0.3 is 5.97 Å². The predicted molar refractivity (Wildman–Crippen MR) is 69.3 cm³/mol. The van der Waals surface area contributed by atoms with Crippen LogP contribution >= 0.6 is 0 Å². The number of aliphatic carboxylic acids is 1. The van der Waals surface area contributed by atoms with E-state index < -0.39 is 11.5 Å². The Morgan fingerprint density at radius 1 is 1.39 bits per heavy atom. The first-order valence-corrected chi connectivity index (χ1v) is 5.70. The molecule has 0 aromatic heterocycles. The summed E-state index contributed by atoms with van der Waals surface area (Å²) in [4.78, 5) is 22.5. The number of carboxylic acid groups (broad SMARTS) is 1. The Kier molecular flexibility index (Phi) is 4.31. The molecule has 1 aromatic rings. The van der Waals surface area contributed by atoms with Gasteiger partial charge in [0.1, 0.15) is 0 Å². The first kappa shape index (κ1) is 14.0. The van der Waals surface area contributed by atoms with Gasteiger partial charge in [-0.15, -0.1) is 0 Å². The Balaban J connectivity index is 2.66. The number of amides is 1. The molecule has 0 atom stereocenters. The van der Waals surface area contributed by atoms with Crippen LogP contribution < -0.4 is 11.1 Å². The van der Waals surface area contributed by atoms with E-state index in [1.807, 2.05) is 0 Å². The highest BCUT2D eigenvalue weighted by Crippen LogP contribution is 2.13. The number of nitrogen functional groups attached to an aromatic ring is 1. The lowest BCUT2D eigenvalue weighted by Crippen LogP contribution is -2.43. The lowest BCUT2D eigenvalue weighted by Gasteiger charge is -2.25. The second-order valence-electron chi connectivity index (χ2n) is 4.86. The van der Waals surface area contributed by atoms with Crippen LogP contribution in [0.5, 0.6) is 0 Å². The van der Waals surface area contributed by atoms with Crippen molar-refractivity contribution in [2.24, 2.45) is 0 Å². The molecule has 0 bridgehead atoms. The smallest absolute Gasteiger partial charge is 0.303 e. The van der Waals surface area contributed by atoms with Crippen LogP contribution in [0.15, 0.2) is 24.3 Å². The number of hydrogen-bond acceptors (Lipinski definition) is 3. The molecule has 0 aliphatic rings. The molecule has 5 heteroatoms. The van der Waals surface area contributed by atoms with Gasteiger partial charge in [0.2, 0.25) is 0 Å². The summed E-state index contributed by atoms with van der Waals surface area (Å²) in [5.74, 6) is -1.13. The third-order valence-corrected chi connectivity index (χ3v) is 2.56. The number of carbonyl (C=O) groups is 2. The van der Waals surface area contributed by atoms with Gasteiger partial charge in [-0.05, 0) is 38.5 Å². The molecule has 0 aliphatic heterocycles. The summed E-state index contributed by atoms with van der Waals surface area (Å²) in [6.45, 7) is 3.58. The van der Waals surface area contributed by atoms with Gasteiger partial charge in [0.15, 0.2) is 0 Å². The summed E-state index contributed by atoms with van der Waals surface area (Å²) in [6.07, 6.45) is 0.389. The van der Waals surface area contributed by atoms with Crippen LogP contribution in [0, 0.1) is 0 Å². The zero-order valence-electron chi connectivity index (χ0n) is 10.6. The summed E-state index contributed by atoms with van der Waals surface area (Å²) >= 11 is 0. The van der Waals surface area contributed by atoms with E-state index in [-0.39, 0.29) is 12.3 Å². The van der Waals surface area contributed by atoms with Crippen molar-refractivity contribution >= 4 is 17.6 Å². The van der Waals surface area contributed by atoms with Crippen molar-refractivity contribution in [3.63, 3.8) is 0 Å². The van der Waals surface area contributed by atoms with Gasteiger partial charge in [-0.1, -0.05) is 6.07 Å². The molecular formula is C13H18N2O3. The largest absolute Gasteiger partial charge is 0.481 e. The first-order valence-electron chi connectivity index (χ1n) is 5.70. The van der Waals surface area contributed by atoms with Gasteiger partial charge < -0.3 is 16.2 Å².